The molecule has 1 aromatic carbocycles. The van der Waals surface area contributed by atoms with Gasteiger partial charge >= 0.3 is 6.18 Å². The van der Waals surface area contributed by atoms with E-state index in [1.807, 2.05) is 34.1 Å². The van der Waals surface area contributed by atoms with Crippen LogP contribution in [0.4, 0.5) is 18.9 Å². The molecule has 2 amide bonds. The summed E-state index contributed by atoms with van der Waals surface area (Å²) in [7, 11) is 2.70. The normalized spacial score (nSPS) is 18.5. The number of hydrogen-bond acceptors (Lipinski definition) is 3. The van der Waals surface area contributed by atoms with Crippen LogP contribution in [0.25, 0.3) is 0 Å². The summed E-state index contributed by atoms with van der Waals surface area (Å²) in [4.78, 5) is 32.7. The summed E-state index contributed by atoms with van der Waals surface area (Å²) in [5.74, 6) is 0.143. The summed E-state index contributed by atoms with van der Waals surface area (Å²) >= 11 is 0. The number of benzene rings is 1. The van der Waals surface area contributed by atoms with Gasteiger partial charge in [-0.1, -0.05) is 18.2 Å². The van der Waals surface area contributed by atoms with Crippen molar-refractivity contribution >= 4 is 47.4 Å². The van der Waals surface area contributed by atoms with E-state index in [2.05, 4.69) is 10.3 Å². The monoisotopic (exact) mass is 567 g/mol. The van der Waals surface area contributed by atoms with Gasteiger partial charge in [0.05, 0.1) is 6.54 Å². The van der Waals surface area contributed by atoms with E-state index >= 15 is 0 Å². The number of para-hydroxylation sites is 1. The van der Waals surface area contributed by atoms with Gasteiger partial charge < -0.3 is 20.0 Å². The number of alkyl halides is 3. The molecule has 0 radical (unpaired) electrons. The number of fused-ring (bicyclic) bond motifs is 1. The predicted molar refractivity (Wildman–Crippen MR) is 127 cm³/mol. The molecule has 0 spiro atoms. The molecular weight excluding hydrogens is 538 g/mol. The minimum absolute atomic E-state index is 0. The van der Waals surface area contributed by atoms with Crippen LogP contribution in [-0.2, 0) is 9.59 Å². The number of hydrogen-bond donors (Lipinski definition) is 1. The van der Waals surface area contributed by atoms with Gasteiger partial charge in [0.2, 0.25) is 11.8 Å². The van der Waals surface area contributed by atoms with Gasteiger partial charge in [0.1, 0.15) is 6.54 Å². The number of rotatable bonds is 6. The number of halogens is 4. The Morgan fingerprint density at radius 2 is 2.03 bits per heavy atom. The summed E-state index contributed by atoms with van der Waals surface area (Å²) in [6.07, 6.45) is -2.12. The number of anilines is 1. The van der Waals surface area contributed by atoms with Gasteiger partial charge in [0.15, 0.2) is 5.96 Å². The van der Waals surface area contributed by atoms with E-state index in [0.29, 0.717) is 30.4 Å². The van der Waals surface area contributed by atoms with E-state index in [1.165, 1.54) is 0 Å². The second kappa shape index (κ2) is 11.2. The van der Waals surface area contributed by atoms with Crippen LogP contribution in [0, 0.1) is 0 Å². The Morgan fingerprint density at radius 3 is 2.66 bits per heavy atom. The third kappa shape index (κ3) is 6.48. The predicted octanol–water partition coefficient (Wildman–Crippen LogP) is 2.82. The molecule has 2 aliphatic heterocycles. The number of aliphatic imine (C=N–C) groups is 1. The van der Waals surface area contributed by atoms with Crippen molar-refractivity contribution in [1.82, 2.24) is 15.1 Å². The van der Waals surface area contributed by atoms with Crippen molar-refractivity contribution in [2.75, 3.05) is 51.7 Å². The molecule has 11 heteroatoms. The van der Waals surface area contributed by atoms with Crippen LogP contribution >= 0.6 is 24.0 Å². The van der Waals surface area contributed by atoms with Crippen LogP contribution in [0.15, 0.2) is 29.3 Å². The number of amides is 2. The van der Waals surface area contributed by atoms with Crippen LogP contribution in [-0.4, -0.2) is 80.6 Å². The highest BCUT2D eigenvalue weighted by Gasteiger charge is 2.33. The summed E-state index contributed by atoms with van der Waals surface area (Å²) in [5.41, 5.74) is 2.09. The van der Waals surface area contributed by atoms with Crippen molar-refractivity contribution in [3.8, 4) is 0 Å². The zero-order valence-corrected chi connectivity index (χ0v) is 20.5. The molecule has 0 aliphatic carbocycles. The van der Waals surface area contributed by atoms with Gasteiger partial charge in [0, 0.05) is 51.8 Å². The molecule has 32 heavy (non-hydrogen) atoms. The van der Waals surface area contributed by atoms with E-state index in [0.717, 1.165) is 37.7 Å². The van der Waals surface area contributed by atoms with Crippen molar-refractivity contribution in [2.45, 2.75) is 31.4 Å². The van der Waals surface area contributed by atoms with Crippen molar-refractivity contribution in [2.24, 2.45) is 4.99 Å². The average Bonchev–Trinajstić information content (AvgIpc) is 3.29. The fourth-order valence-corrected chi connectivity index (χ4v) is 4.14. The number of carbonyl (C=O) groups excluding carboxylic acids is 2. The molecule has 1 N–H and O–H groups in total. The van der Waals surface area contributed by atoms with Crippen molar-refractivity contribution in [3.05, 3.63) is 29.8 Å². The summed E-state index contributed by atoms with van der Waals surface area (Å²) in [5, 5.41) is 2.90. The third-order valence-corrected chi connectivity index (χ3v) is 5.70. The minimum atomic E-state index is -4.44. The summed E-state index contributed by atoms with van der Waals surface area (Å²) in [6.45, 7) is 0.528. The zero-order chi connectivity index (χ0) is 22.6. The van der Waals surface area contributed by atoms with Gasteiger partial charge in [-0.3, -0.25) is 14.6 Å². The zero-order valence-electron chi connectivity index (χ0n) is 18.2. The van der Waals surface area contributed by atoms with Gasteiger partial charge in [-0.05, 0) is 24.5 Å². The first-order valence-corrected chi connectivity index (χ1v) is 10.3. The summed E-state index contributed by atoms with van der Waals surface area (Å²) in [6, 6.07) is 7.87. The molecule has 0 aromatic heterocycles. The lowest BCUT2D eigenvalue weighted by atomic mass is 9.98. The van der Waals surface area contributed by atoms with Gasteiger partial charge in [-0.25, -0.2) is 0 Å². The van der Waals surface area contributed by atoms with Gasteiger partial charge in [0.25, 0.3) is 0 Å². The van der Waals surface area contributed by atoms with Crippen LogP contribution in [0.1, 0.15) is 30.7 Å². The van der Waals surface area contributed by atoms with Crippen molar-refractivity contribution < 1.29 is 22.8 Å². The smallest absolute Gasteiger partial charge is 0.347 e. The molecule has 1 fully saturated rings. The molecule has 1 atom stereocenters. The minimum Gasteiger partial charge on any atom is -0.347 e. The maximum absolute atomic E-state index is 12.5. The van der Waals surface area contributed by atoms with E-state index in [-0.39, 0.29) is 42.3 Å². The molecular formula is C21H29F3IN5O2. The second-order valence-corrected chi connectivity index (χ2v) is 7.91. The first-order chi connectivity index (χ1) is 14.7. The Kier molecular flexibility index (Phi) is 9.17. The first-order valence-electron chi connectivity index (χ1n) is 10.3. The molecule has 1 aromatic rings. The highest BCUT2D eigenvalue weighted by Crippen LogP contribution is 2.38. The topological polar surface area (TPSA) is 68.2 Å². The Labute approximate surface area is 203 Å². The molecule has 178 valence electrons. The Bertz CT molecular complexity index is 849. The van der Waals surface area contributed by atoms with Gasteiger partial charge in [-0.15, -0.1) is 24.0 Å². The van der Waals surface area contributed by atoms with Crippen LogP contribution < -0.4 is 10.2 Å². The molecule has 3 rings (SSSR count). The molecule has 0 bridgehead atoms. The second-order valence-electron chi connectivity index (χ2n) is 7.91. The Balaban J connectivity index is 0.00000363. The van der Waals surface area contributed by atoms with E-state index in [1.54, 1.807) is 7.05 Å². The lowest BCUT2D eigenvalue weighted by molar-refractivity contribution is -0.157. The van der Waals surface area contributed by atoms with Crippen LogP contribution in [0.3, 0.4) is 0 Å². The Hall–Kier alpha value is -2.05. The SMILES string of the molecule is CN=C(NCC(=O)N(C)CC(F)(F)F)N1CC(CCN2CCCC2=O)c2ccccc21.I. The summed E-state index contributed by atoms with van der Waals surface area (Å²) < 4.78 is 37.6. The average molecular weight is 567 g/mol. The number of likely N-dealkylation sites (N-methyl/N-ethyl adjacent to an activating group) is 1. The number of carbonyl (C=O) groups is 2. The fraction of sp³-hybridized carbons (Fsp3) is 0.571. The first kappa shape index (κ1) is 26.2. The quantitative estimate of drug-likeness (QED) is 0.327. The molecule has 1 saturated heterocycles. The molecule has 1 unspecified atom stereocenters. The number of guanidine groups is 1. The number of nitrogens with one attached hydrogen (secondary N) is 1. The van der Waals surface area contributed by atoms with Gasteiger partial charge in [-0.2, -0.15) is 13.2 Å². The molecule has 2 aliphatic rings. The van der Waals surface area contributed by atoms with Crippen LogP contribution in [0.5, 0.6) is 0 Å². The highest BCUT2D eigenvalue weighted by atomic mass is 127. The molecule has 0 saturated carbocycles. The van der Waals surface area contributed by atoms with E-state index < -0.39 is 18.6 Å². The fourth-order valence-electron chi connectivity index (χ4n) is 4.14. The molecule has 7 nitrogen and oxygen atoms in total. The Morgan fingerprint density at radius 1 is 1.31 bits per heavy atom. The maximum Gasteiger partial charge on any atom is 0.406 e. The van der Waals surface area contributed by atoms with E-state index in [9.17, 15) is 22.8 Å². The largest absolute Gasteiger partial charge is 0.406 e. The lowest BCUT2D eigenvalue weighted by Gasteiger charge is -2.24. The highest BCUT2D eigenvalue weighted by molar-refractivity contribution is 14.0. The van der Waals surface area contributed by atoms with Crippen molar-refractivity contribution in [3.63, 3.8) is 0 Å². The number of likely N-dealkylation sites (tertiary alicyclic amines) is 1. The van der Waals surface area contributed by atoms with Crippen LogP contribution in [0.2, 0.25) is 0 Å². The molecule has 2 heterocycles. The standard InChI is InChI=1S/C21H28F3N5O2.HI/c1-25-20(26-12-19(31)27(2)14-21(22,23)24)29-13-15(16-6-3-4-7-17(16)29)9-11-28-10-5-8-18(28)30;/h3-4,6-7,15H,5,8-14H2,1-2H3,(H,25,26);1H. The third-order valence-electron chi connectivity index (χ3n) is 5.70. The number of nitrogens with zero attached hydrogens (tertiary/aromatic N) is 4. The lowest BCUT2D eigenvalue weighted by Crippen LogP contribution is -2.47. The maximum atomic E-state index is 12.5. The van der Waals surface area contributed by atoms with E-state index in [4.69, 9.17) is 0 Å². The van der Waals surface area contributed by atoms with Crippen molar-refractivity contribution in [1.29, 1.82) is 0 Å².